The van der Waals surface area contributed by atoms with Crippen LogP contribution in [0.25, 0.3) is 11.0 Å². The van der Waals surface area contributed by atoms with Crippen LogP contribution in [0.5, 0.6) is 0 Å². The first-order chi connectivity index (χ1) is 18.7. The summed E-state index contributed by atoms with van der Waals surface area (Å²) in [4.78, 5) is 19.6. The van der Waals surface area contributed by atoms with Crippen molar-refractivity contribution >= 4 is 28.9 Å². The zero-order valence-electron chi connectivity index (χ0n) is 23.7. The van der Waals surface area contributed by atoms with Crippen LogP contribution < -0.4 is 0 Å². The SMILES string of the molecule is CCC1CCN(Cc2nccn2Cc2cc(C(c3ccc4c(nnn4C)c3C)C(C)(C)C=O)ccc2Cl)CC1. The number of hydrogen-bond acceptors (Lipinski definition) is 5. The van der Waals surface area contributed by atoms with E-state index in [0.717, 1.165) is 70.9 Å². The Morgan fingerprint density at radius 1 is 1.15 bits per heavy atom. The fourth-order valence-electron chi connectivity index (χ4n) is 6.11. The van der Waals surface area contributed by atoms with Crippen LogP contribution in [-0.4, -0.2) is 48.8 Å². The van der Waals surface area contributed by atoms with Crippen LogP contribution in [0.1, 0.15) is 74.0 Å². The topological polar surface area (TPSA) is 68.8 Å². The molecule has 3 heterocycles. The van der Waals surface area contributed by atoms with Gasteiger partial charge in [-0.1, -0.05) is 62.2 Å². The molecular formula is C31H39ClN6O. The van der Waals surface area contributed by atoms with Crippen LogP contribution in [0.4, 0.5) is 0 Å². The second-order valence-electron chi connectivity index (χ2n) is 11.7. The van der Waals surface area contributed by atoms with E-state index in [9.17, 15) is 4.79 Å². The van der Waals surface area contributed by atoms with Gasteiger partial charge in [0.1, 0.15) is 17.6 Å². The van der Waals surface area contributed by atoms with E-state index in [-0.39, 0.29) is 5.92 Å². The van der Waals surface area contributed by atoms with Gasteiger partial charge in [-0.05, 0) is 73.2 Å². The summed E-state index contributed by atoms with van der Waals surface area (Å²) in [5, 5.41) is 9.32. The van der Waals surface area contributed by atoms with Gasteiger partial charge in [0.15, 0.2) is 0 Å². The number of rotatable bonds is 9. The monoisotopic (exact) mass is 546 g/mol. The molecule has 4 aromatic rings. The Morgan fingerprint density at radius 3 is 2.64 bits per heavy atom. The summed E-state index contributed by atoms with van der Waals surface area (Å²) in [7, 11) is 1.89. The van der Waals surface area contributed by atoms with Crippen molar-refractivity contribution in [2.45, 2.75) is 66.0 Å². The number of imidazole rings is 1. The Morgan fingerprint density at radius 2 is 1.92 bits per heavy atom. The molecule has 1 atom stereocenters. The highest BCUT2D eigenvalue weighted by atomic mass is 35.5. The van der Waals surface area contributed by atoms with Crippen LogP contribution >= 0.6 is 11.6 Å². The summed E-state index contributed by atoms with van der Waals surface area (Å²) >= 11 is 6.77. The van der Waals surface area contributed by atoms with Crippen molar-refractivity contribution in [2.75, 3.05) is 13.1 Å². The summed E-state index contributed by atoms with van der Waals surface area (Å²) in [5.41, 5.74) is 5.39. The van der Waals surface area contributed by atoms with Crippen molar-refractivity contribution in [3.05, 3.63) is 75.8 Å². The predicted molar refractivity (Wildman–Crippen MR) is 156 cm³/mol. The minimum Gasteiger partial charge on any atom is -0.329 e. The predicted octanol–water partition coefficient (Wildman–Crippen LogP) is 6.15. The summed E-state index contributed by atoms with van der Waals surface area (Å²) in [5.74, 6) is 1.74. The molecule has 1 aliphatic heterocycles. The van der Waals surface area contributed by atoms with Gasteiger partial charge in [0.05, 0.1) is 18.6 Å². The maximum absolute atomic E-state index is 12.4. The maximum atomic E-state index is 12.4. The van der Waals surface area contributed by atoms with Gasteiger partial charge in [-0.2, -0.15) is 0 Å². The lowest BCUT2D eigenvalue weighted by atomic mass is 9.71. The Hall–Kier alpha value is -3.03. The van der Waals surface area contributed by atoms with Crippen molar-refractivity contribution < 1.29 is 4.79 Å². The third-order valence-electron chi connectivity index (χ3n) is 8.63. The fraction of sp³-hybridized carbons (Fsp3) is 0.484. The van der Waals surface area contributed by atoms with E-state index in [0.29, 0.717) is 11.6 Å². The third-order valence-corrected chi connectivity index (χ3v) is 9.00. The van der Waals surface area contributed by atoms with Gasteiger partial charge in [0.25, 0.3) is 0 Å². The molecule has 0 N–H and O–H groups in total. The zero-order chi connectivity index (χ0) is 27.7. The molecule has 5 rings (SSSR count). The molecule has 0 radical (unpaired) electrons. The Kier molecular flexibility index (Phi) is 7.92. The molecule has 1 unspecified atom stereocenters. The van der Waals surface area contributed by atoms with Gasteiger partial charge >= 0.3 is 0 Å². The Labute approximate surface area is 236 Å². The Balaban J connectivity index is 1.46. The number of halogens is 1. The third kappa shape index (κ3) is 5.52. The average molecular weight is 547 g/mol. The van der Waals surface area contributed by atoms with Gasteiger partial charge < -0.3 is 9.36 Å². The van der Waals surface area contributed by atoms with E-state index in [1.807, 2.05) is 45.4 Å². The number of carbonyl (C=O) groups is 1. The molecule has 1 saturated heterocycles. The van der Waals surface area contributed by atoms with E-state index < -0.39 is 5.41 Å². The molecule has 0 saturated carbocycles. The van der Waals surface area contributed by atoms with E-state index >= 15 is 0 Å². The van der Waals surface area contributed by atoms with E-state index in [4.69, 9.17) is 16.6 Å². The molecule has 2 aromatic heterocycles. The number of aromatic nitrogens is 5. The summed E-state index contributed by atoms with van der Waals surface area (Å²) in [6.07, 6.45) is 8.77. The number of aldehydes is 1. The molecule has 7 nitrogen and oxygen atoms in total. The first kappa shape index (κ1) is 27.5. The van der Waals surface area contributed by atoms with Gasteiger partial charge in [-0.15, -0.1) is 5.10 Å². The van der Waals surface area contributed by atoms with Gasteiger partial charge in [-0.25, -0.2) is 9.67 Å². The largest absolute Gasteiger partial charge is 0.329 e. The minimum absolute atomic E-state index is 0.167. The van der Waals surface area contributed by atoms with Crippen molar-refractivity contribution in [3.8, 4) is 0 Å². The van der Waals surface area contributed by atoms with Crippen LogP contribution in [-0.2, 0) is 24.9 Å². The van der Waals surface area contributed by atoms with Crippen molar-refractivity contribution in [1.82, 2.24) is 29.4 Å². The van der Waals surface area contributed by atoms with Crippen LogP contribution in [0.15, 0.2) is 42.7 Å². The highest BCUT2D eigenvalue weighted by Crippen LogP contribution is 2.43. The number of likely N-dealkylation sites (tertiary alicyclic amines) is 1. The number of piperidine rings is 1. The van der Waals surface area contributed by atoms with Crippen molar-refractivity contribution in [3.63, 3.8) is 0 Å². The molecule has 206 valence electrons. The first-order valence-corrected chi connectivity index (χ1v) is 14.4. The van der Waals surface area contributed by atoms with E-state index in [1.54, 1.807) is 4.68 Å². The van der Waals surface area contributed by atoms with Gasteiger partial charge in [-0.3, -0.25) is 4.90 Å². The van der Waals surface area contributed by atoms with Gasteiger partial charge in [0, 0.05) is 35.8 Å². The zero-order valence-corrected chi connectivity index (χ0v) is 24.4. The second-order valence-corrected chi connectivity index (χ2v) is 12.1. The van der Waals surface area contributed by atoms with Crippen LogP contribution in [0.3, 0.4) is 0 Å². The Bertz CT molecular complexity index is 1460. The number of hydrogen-bond donors (Lipinski definition) is 0. The molecule has 0 aliphatic carbocycles. The number of benzene rings is 2. The summed E-state index contributed by atoms with van der Waals surface area (Å²) in [6, 6.07) is 10.3. The molecular weight excluding hydrogens is 508 g/mol. The summed E-state index contributed by atoms with van der Waals surface area (Å²) in [6.45, 7) is 12.1. The highest BCUT2D eigenvalue weighted by Gasteiger charge is 2.34. The standard InChI is InChI=1S/C31H39ClN6O/c1-6-22-11-14-37(15-12-22)19-28-33-13-16-38(28)18-24-17-23(7-9-26(24)32)29(31(3,4)20-39)25-8-10-27-30(21(25)2)34-35-36(27)5/h7-10,13,16-17,20,22,29H,6,11-12,14-15,18-19H2,1-5H3. The molecule has 0 spiro atoms. The molecule has 0 amide bonds. The smallest absolute Gasteiger partial charge is 0.126 e. The quantitative estimate of drug-likeness (QED) is 0.235. The van der Waals surface area contributed by atoms with Crippen LogP contribution in [0.2, 0.25) is 5.02 Å². The van der Waals surface area contributed by atoms with E-state index in [1.165, 1.54) is 19.3 Å². The fourth-order valence-corrected chi connectivity index (χ4v) is 6.28. The first-order valence-electron chi connectivity index (χ1n) is 14.0. The molecule has 2 aromatic carbocycles. The molecule has 0 bridgehead atoms. The number of fused-ring (bicyclic) bond motifs is 1. The molecule has 39 heavy (non-hydrogen) atoms. The summed E-state index contributed by atoms with van der Waals surface area (Å²) < 4.78 is 3.98. The number of nitrogens with zero attached hydrogens (tertiary/aromatic N) is 6. The van der Waals surface area contributed by atoms with E-state index in [2.05, 4.69) is 51.8 Å². The lowest BCUT2D eigenvalue weighted by Gasteiger charge is -2.32. The molecule has 8 heteroatoms. The van der Waals surface area contributed by atoms with Crippen molar-refractivity contribution in [1.29, 1.82) is 0 Å². The lowest BCUT2D eigenvalue weighted by Crippen LogP contribution is -2.34. The molecule has 1 fully saturated rings. The molecule has 1 aliphatic rings. The minimum atomic E-state index is -0.642. The number of carbonyl (C=O) groups excluding carboxylic acids is 1. The normalized spacial score (nSPS) is 16.2. The highest BCUT2D eigenvalue weighted by molar-refractivity contribution is 6.31. The van der Waals surface area contributed by atoms with Gasteiger partial charge in [0.2, 0.25) is 0 Å². The second kappa shape index (κ2) is 11.2. The number of aryl methyl sites for hydroxylation is 2. The lowest BCUT2D eigenvalue weighted by molar-refractivity contribution is -0.115. The van der Waals surface area contributed by atoms with Crippen molar-refractivity contribution in [2.24, 2.45) is 18.4 Å². The average Bonchev–Trinajstić information content (AvgIpc) is 3.54. The maximum Gasteiger partial charge on any atom is 0.126 e. The van der Waals surface area contributed by atoms with Crippen LogP contribution in [0, 0.1) is 18.3 Å².